The molecule has 0 aromatic heterocycles. The molecule has 0 fully saturated rings. The molecule has 0 bridgehead atoms. The number of halogens is 1. The van der Waals surface area contributed by atoms with Crippen LogP contribution in [0.25, 0.3) is 0 Å². The predicted octanol–water partition coefficient (Wildman–Crippen LogP) is 3.07. The van der Waals surface area contributed by atoms with Gasteiger partial charge in [0.1, 0.15) is 5.82 Å². The van der Waals surface area contributed by atoms with Crippen molar-refractivity contribution in [3.05, 3.63) is 47.8 Å². The maximum atomic E-state index is 12.7. The van der Waals surface area contributed by atoms with Crippen LogP contribution in [0.2, 0.25) is 0 Å². The molecule has 0 aliphatic heterocycles. The van der Waals surface area contributed by atoms with E-state index in [-0.39, 0.29) is 11.9 Å². The van der Waals surface area contributed by atoms with Crippen LogP contribution < -0.4 is 5.32 Å². The quantitative estimate of drug-likeness (QED) is 0.581. The van der Waals surface area contributed by atoms with Gasteiger partial charge in [0.25, 0.3) is 0 Å². The summed E-state index contributed by atoms with van der Waals surface area (Å²) in [4.78, 5) is 0. The fourth-order valence-corrected chi connectivity index (χ4v) is 1.46. The highest BCUT2D eigenvalue weighted by Crippen LogP contribution is 2.12. The van der Waals surface area contributed by atoms with Crippen molar-refractivity contribution in [2.45, 2.75) is 19.9 Å². The van der Waals surface area contributed by atoms with Crippen molar-refractivity contribution in [1.82, 2.24) is 5.32 Å². The second-order valence-electron chi connectivity index (χ2n) is 4.24. The van der Waals surface area contributed by atoms with Crippen LogP contribution in [0, 0.1) is 5.82 Å². The summed E-state index contributed by atoms with van der Waals surface area (Å²) in [6, 6.07) is 6.74. The van der Waals surface area contributed by atoms with Crippen LogP contribution in [0.5, 0.6) is 0 Å². The van der Waals surface area contributed by atoms with Crippen LogP contribution in [0.1, 0.15) is 25.5 Å². The fourth-order valence-electron chi connectivity index (χ4n) is 1.46. The summed E-state index contributed by atoms with van der Waals surface area (Å²) < 4.78 is 18.1. The average molecular weight is 237 g/mol. The van der Waals surface area contributed by atoms with Crippen molar-refractivity contribution in [3.8, 4) is 0 Å². The molecule has 0 aliphatic rings. The van der Waals surface area contributed by atoms with Crippen LogP contribution in [0.4, 0.5) is 4.39 Å². The number of hydrogen-bond acceptors (Lipinski definition) is 2. The van der Waals surface area contributed by atoms with Crippen molar-refractivity contribution < 1.29 is 9.13 Å². The van der Waals surface area contributed by atoms with E-state index in [1.807, 2.05) is 13.8 Å². The minimum atomic E-state index is -0.203. The maximum Gasteiger partial charge on any atom is 0.123 e. The standard InChI is InChI=1S/C14H20FNO/c1-11(2)10-17-9-8-16-12(3)13-4-6-14(15)7-5-13/h4-7,12,16H,1,8-10H2,2-3H3. The van der Waals surface area contributed by atoms with E-state index < -0.39 is 0 Å². The lowest BCUT2D eigenvalue weighted by Crippen LogP contribution is -2.23. The first-order valence-corrected chi connectivity index (χ1v) is 5.80. The molecule has 1 atom stereocenters. The first-order valence-electron chi connectivity index (χ1n) is 5.80. The molecular weight excluding hydrogens is 217 g/mol. The second kappa shape index (κ2) is 7.20. The van der Waals surface area contributed by atoms with Crippen LogP contribution in [0.3, 0.4) is 0 Å². The van der Waals surface area contributed by atoms with E-state index >= 15 is 0 Å². The van der Waals surface area contributed by atoms with Gasteiger partial charge in [-0.25, -0.2) is 4.39 Å². The van der Waals surface area contributed by atoms with E-state index in [1.54, 1.807) is 12.1 Å². The maximum absolute atomic E-state index is 12.7. The third-order valence-electron chi connectivity index (χ3n) is 2.42. The third-order valence-corrected chi connectivity index (χ3v) is 2.42. The third kappa shape index (κ3) is 5.61. The Morgan fingerprint density at radius 3 is 2.65 bits per heavy atom. The molecule has 0 saturated heterocycles. The van der Waals surface area contributed by atoms with Gasteiger partial charge in [0.05, 0.1) is 13.2 Å². The molecule has 1 rings (SSSR count). The average Bonchev–Trinajstić information content (AvgIpc) is 2.29. The van der Waals surface area contributed by atoms with Crippen LogP contribution in [-0.2, 0) is 4.74 Å². The first-order chi connectivity index (χ1) is 8.09. The molecule has 1 N–H and O–H groups in total. The van der Waals surface area contributed by atoms with Gasteiger partial charge in [0.15, 0.2) is 0 Å². The topological polar surface area (TPSA) is 21.3 Å². The Hall–Kier alpha value is -1.19. The van der Waals surface area contributed by atoms with Gasteiger partial charge in [-0.1, -0.05) is 24.3 Å². The summed E-state index contributed by atoms with van der Waals surface area (Å²) in [5.74, 6) is -0.203. The Labute approximate surface area is 102 Å². The lowest BCUT2D eigenvalue weighted by atomic mass is 10.1. The molecule has 94 valence electrons. The summed E-state index contributed by atoms with van der Waals surface area (Å²) in [7, 11) is 0. The minimum absolute atomic E-state index is 0.198. The zero-order chi connectivity index (χ0) is 12.7. The molecule has 1 aromatic rings. The Bertz CT molecular complexity index is 348. The number of hydrogen-bond donors (Lipinski definition) is 1. The smallest absolute Gasteiger partial charge is 0.123 e. The minimum Gasteiger partial charge on any atom is -0.376 e. The molecule has 0 heterocycles. The Morgan fingerprint density at radius 2 is 2.06 bits per heavy atom. The van der Waals surface area contributed by atoms with Crippen molar-refractivity contribution >= 4 is 0 Å². The van der Waals surface area contributed by atoms with Gasteiger partial charge in [-0.3, -0.25) is 0 Å². The fraction of sp³-hybridized carbons (Fsp3) is 0.429. The van der Waals surface area contributed by atoms with Crippen LogP contribution in [0.15, 0.2) is 36.4 Å². The van der Waals surface area contributed by atoms with E-state index in [9.17, 15) is 4.39 Å². The molecular formula is C14H20FNO. The van der Waals surface area contributed by atoms with Gasteiger partial charge >= 0.3 is 0 Å². The first kappa shape index (κ1) is 13.9. The van der Waals surface area contributed by atoms with E-state index in [0.717, 1.165) is 17.7 Å². The largest absolute Gasteiger partial charge is 0.376 e. The highest BCUT2D eigenvalue weighted by atomic mass is 19.1. The van der Waals surface area contributed by atoms with Crippen molar-refractivity contribution in [2.24, 2.45) is 0 Å². The number of rotatable bonds is 7. The number of ether oxygens (including phenoxy) is 1. The number of benzene rings is 1. The van der Waals surface area contributed by atoms with Crippen molar-refractivity contribution in [2.75, 3.05) is 19.8 Å². The lowest BCUT2D eigenvalue weighted by molar-refractivity contribution is 0.156. The van der Waals surface area contributed by atoms with E-state index in [1.165, 1.54) is 12.1 Å². The molecule has 1 unspecified atom stereocenters. The van der Waals surface area contributed by atoms with Gasteiger partial charge in [0, 0.05) is 12.6 Å². The summed E-state index contributed by atoms with van der Waals surface area (Å²) in [5, 5.41) is 3.31. The summed E-state index contributed by atoms with van der Waals surface area (Å²) >= 11 is 0. The normalized spacial score (nSPS) is 12.4. The number of nitrogens with one attached hydrogen (secondary N) is 1. The molecule has 0 radical (unpaired) electrons. The van der Waals surface area contributed by atoms with Crippen molar-refractivity contribution in [1.29, 1.82) is 0 Å². The second-order valence-corrected chi connectivity index (χ2v) is 4.24. The summed E-state index contributed by atoms with van der Waals surface area (Å²) in [6.07, 6.45) is 0. The zero-order valence-electron chi connectivity index (χ0n) is 10.5. The van der Waals surface area contributed by atoms with Crippen molar-refractivity contribution in [3.63, 3.8) is 0 Å². The summed E-state index contributed by atoms with van der Waals surface area (Å²) in [5.41, 5.74) is 2.10. The lowest BCUT2D eigenvalue weighted by Gasteiger charge is -2.14. The Balaban J connectivity index is 2.23. The SMILES string of the molecule is C=C(C)COCCNC(C)c1ccc(F)cc1. The van der Waals surface area contributed by atoms with E-state index in [2.05, 4.69) is 11.9 Å². The van der Waals surface area contributed by atoms with Gasteiger partial charge in [-0.05, 0) is 31.5 Å². The molecule has 0 aliphatic carbocycles. The van der Waals surface area contributed by atoms with Gasteiger partial charge in [0.2, 0.25) is 0 Å². The molecule has 2 nitrogen and oxygen atoms in total. The molecule has 3 heteroatoms. The zero-order valence-corrected chi connectivity index (χ0v) is 10.5. The monoisotopic (exact) mass is 237 g/mol. The van der Waals surface area contributed by atoms with Crippen LogP contribution in [-0.4, -0.2) is 19.8 Å². The molecule has 1 aromatic carbocycles. The van der Waals surface area contributed by atoms with Gasteiger partial charge in [-0.2, -0.15) is 0 Å². The Morgan fingerprint density at radius 1 is 1.41 bits per heavy atom. The predicted molar refractivity (Wildman–Crippen MR) is 68.5 cm³/mol. The summed E-state index contributed by atoms with van der Waals surface area (Å²) in [6.45, 7) is 9.77. The molecule has 0 saturated carbocycles. The highest BCUT2D eigenvalue weighted by Gasteiger charge is 2.03. The van der Waals surface area contributed by atoms with Gasteiger partial charge < -0.3 is 10.1 Å². The molecule has 0 spiro atoms. The van der Waals surface area contributed by atoms with E-state index in [4.69, 9.17) is 4.74 Å². The van der Waals surface area contributed by atoms with E-state index in [0.29, 0.717) is 13.2 Å². The highest BCUT2D eigenvalue weighted by molar-refractivity contribution is 5.19. The van der Waals surface area contributed by atoms with Crippen LogP contribution >= 0.6 is 0 Å². The Kier molecular flexibility index (Phi) is 5.87. The molecule has 0 amide bonds. The van der Waals surface area contributed by atoms with Gasteiger partial charge in [-0.15, -0.1) is 0 Å². The molecule has 17 heavy (non-hydrogen) atoms.